The van der Waals surface area contributed by atoms with Gasteiger partial charge in [-0.2, -0.15) is 5.10 Å². The number of nitrogens with zero attached hydrogens (tertiary/aromatic N) is 2. The fourth-order valence-electron chi connectivity index (χ4n) is 1.86. The van der Waals surface area contributed by atoms with E-state index in [1.54, 1.807) is 11.3 Å². The highest BCUT2D eigenvalue weighted by molar-refractivity contribution is 7.15. The predicted molar refractivity (Wildman–Crippen MR) is 70.0 cm³/mol. The summed E-state index contributed by atoms with van der Waals surface area (Å²) in [6, 6.07) is 6.49. The Labute approximate surface area is 101 Å². The maximum absolute atomic E-state index is 4.59. The number of hydrogen-bond acceptors (Lipinski definition) is 2. The molecule has 0 fully saturated rings. The van der Waals surface area contributed by atoms with Crippen LogP contribution in [0.5, 0.6) is 0 Å². The SMILES string of the molecule is Cc1ccc(-c2cc(C(C)(C)C)n(C)n2)s1. The van der Waals surface area contributed by atoms with Crippen molar-refractivity contribution in [3.8, 4) is 10.6 Å². The molecule has 2 aromatic heterocycles. The molecular formula is C13H18N2S. The molecule has 2 nitrogen and oxygen atoms in total. The quantitative estimate of drug-likeness (QED) is 0.734. The zero-order chi connectivity index (χ0) is 11.9. The van der Waals surface area contributed by atoms with Gasteiger partial charge in [0.05, 0.1) is 4.88 Å². The third-order valence-corrected chi connectivity index (χ3v) is 3.66. The molecule has 0 amide bonds. The molecule has 0 aromatic carbocycles. The Balaban J connectivity index is 2.46. The lowest BCUT2D eigenvalue weighted by atomic mass is 9.92. The van der Waals surface area contributed by atoms with E-state index in [0.29, 0.717) is 0 Å². The minimum absolute atomic E-state index is 0.145. The molecule has 86 valence electrons. The van der Waals surface area contributed by atoms with E-state index in [1.165, 1.54) is 15.4 Å². The molecule has 2 aromatic rings. The minimum Gasteiger partial charge on any atom is -0.271 e. The van der Waals surface area contributed by atoms with Crippen LogP contribution in [0.25, 0.3) is 10.6 Å². The molecule has 0 N–H and O–H groups in total. The van der Waals surface area contributed by atoms with E-state index in [4.69, 9.17) is 0 Å². The van der Waals surface area contributed by atoms with Crippen molar-refractivity contribution in [2.45, 2.75) is 33.1 Å². The Hall–Kier alpha value is -1.09. The van der Waals surface area contributed by atoms with Crippen molar-refractivity contribution in [2.75, 3.05) is 0 Å². The van der Waals surface area contributed by atoms with Crippen LogP contribution in [0.1, 0.15) is 31.3 Å². The van der Waals surface area contributed by atoms with Gasteiger partial charge >= 0.3 is 0 Å². The first kappa shape index (κ1) is 11.4. The zero-order valence-corrected chi connectivity index (χ0v) is 11.4. The third kappa shape index (κ3) is 2.05. The van der Waals surface area contributed by atoms with Gasteiger partial charge in [-0.05, 0) is 25.1 Å². The van der Waals surface area contributed by atoms with Gasteiger partial charge in [0, 0.05) is 23.0 Å². The Morgan fingerprint density at radius 2 is 1.94 bits per heavy atom. The number of aromatic nitrogens is 2. The summed E-state index contributed by atoms with van der Waals surface area (Å²) >= 11 is 1.80. The summed E-state index contributed by atoms with van der Waals surface area (Å²) < 4.78 is 1.99. The molecule has 0 atom stereocenters. The lowest BCUT2D eigenvalue weighted by molar-refractivity contribution is 0.523. The Bertz CT molecular complexity index is 500. The van der Waals surface area contributed by atoms with Crippen molar-refractivity contribution in [2.24, 2.45) is 7.05 Å². The van der Waals surface area contributed by atoms with E-state index in [0.717, 1.165) is 5.69 Å². The van der Waals surface area contributed by atoms with Gasteiger partial charge in [0.15, 0.2) is 0 Å². The van der Waals surface area contributed by atoms with Crippen molar-refractivity contribution in [1.29, 1.82) is 0 Å². The van der Waals surface area contributed by atoms with E-state index in [2.05, 4.69) is 51.0 Å². The Morgan fingerprint density at radius 3 is 2.38 bits per heavy atom. The molecule has 0 saturated heterocycles. The van der Waals surface area contributed by atoms with Crippen molar-refractivity contribution in [3.05, 3.63) is 28.8 Å². The fourth-order valence-corrected chi connectivity index (χ4v) is 2.69. The smallest absolute Gasteiger partial charge is 0.103 e. The molecular weight excluding hydrogens is 216 g/mol. The van der Waals surface area contributed by atoms with Crippen LogP contribution in [-0.4, -0.2) is 9.78 Å². The van der Waals surface area contributed by atoms with Gasteiger partial charge in [-0.15, -0.1) is 11.3 Å². The second-order valence-corrected chi connectivity index (χ2v) is 6.49. The van der Waals surface area contributed by atoms with Crippen LogP contribution in [0.2, 0.25) is 0 Å². The van der Waals surface area contributed by atoms with Crippen LogP contribution in [0.3, 0.4) is 0 Å². The summed E-state index contributed by atoms with van der Waals surface area (Å²) in [5, 5.41) is 4.59. The first-order chi connectivity index (χ1) is 7.38. The second kappa shape index (κ2) is 3.74. The first-order valence-corrected chi connectivity index (χ1v) is 6.31. The fraction of sp³-hybridized carbons (Fsp3) is 0.462. The van der Waals surface area contributed by atoms with Gasteiger partial charge in [-0.3, -0.25) is 4.68 Å². The van der Waals surface area contributed by atoms with Crippen LogP contribution in [0.4, 0.5) is 0 Å². The van der Waals surface area contributed by atoms with E-state index in [1.807, 2.05) is 11.7 Å². The van der Waals surface area contributed by atoms with Crippen molar-refractivity contribution >= 4 is 11.3 Å². The summed E-state index contributed by atoms with van der Waals surface area (Å²) in [6.07, 6.45) is 0. The van der Waals surface area contributed by atoms with E-state index < -0.39 is 0 Å². The molecule has 0 saturated carbocycles. The molecule has 16 heavy (non-hydrogen) atoms. The van der Waals surface area contributed by atoms with Crippen LogP contribution >= 0.6 is 11.3 Å². The van der Waals surface area contributed by atoms with E-state index >= 15 is 0 Å². The molecule has 0 spiro atoms. The van der Waals surface area contributed by atoms with Gasteiger partial charge in [0.1, 0.15) is 5.69 Å². The van der Waals surface area contributed by atoms with Crippen molar-refractivity contribution in [3.63, 3.8) is 0 Å². The number of thiophene rings is 1. The highest BCUT2D eigenvalue weighted by Crippen LogP contribution is 2.30. The number of rotatable bonds is 1. The Kier molecular flexibility index (Phi) is 2.66. The molecule has 2 rings (SSSR count). The summed E-state index contributed by atoms with van der Waals surface area (Å²) in [4.78, 5) is 2.58. The zero-order valence-electron chi connectivity index (χ0n) is 10.5. The normalized spacial score (nSPS) is 12.1. The van der Waals surface area contributed by atoms with Gasteiger partial charge in [-0.25, -0.2) is 0 Å². The second-order valence-electron chi connectivity index (χ2n) is 5.20. The minimum atomic E-state index is 0.145. The first-order valence-electron chi connectivity index (χ1n) is 5.49. The summed E-state index contributed by atoms with van der Waals surface area (Å²) in [5.74, 6) is 0. The highest BCUT2D eigenvalue weighted by Gasteiger charge is 2.20. The molecule has 0 unspecified atom stereocenters. The summed E-state index contributed by atoms with van der Waals surface area (Å²) in [7, 11) is 2.02. The maximum Gasteiger partial charge on any atom is 0.103 e. The topological polar surface area (TPSA) is 17.8 Å². The van der Waals surface area contributed by atoms with Crippen molar-refractivity contribution in [1.82, 2.24) is 9.78 Å². The molecule has 0 bridgehead atoms. The predicted octanol–water partition coefficient (Wildman–Crippen LogP) is 3.75. The highest BCUT2D eigenvalue weighted by atomic mass is 32.1. The number of hydrogen-bond donors (Lipinski definition) is 0. The van der Waals surface area contributed by atoms with E-state index in [-0.39, 0.29) is 5.41 Å². The maximum atomic E-state index is 4.59. The lowest BCUT2D eigenvalue weighted by Crippen LogP contribution is -2.16. The standard InChI is InChI=1S/C13H18N2S/c1-9-6-7-11(16-9)10-8-12(13(2,3)4)15(5)14-10/h6-8H,1-5H3. The lowest BCUT2D eigenvalue weighted by Gasteiger charge is -2.17. The summed E-state index contributed by atoms with van der Waals surface area (Å²) in [5.41, 5.74) is 2.51. The van der Waals surface area contributed by atoms with Crippen LogP contribution in [0.15, 0.2) is 18.2 Å². The average Bonchev–Trinajstić information content (AvgIpc) is 2.70. The summed E-state index contributed by atoms with van der Waals surface area (Å²) in [6.45, 7) is 8.77. The monoisotopic (exact) mass is 234 g/mol. The molecule has 0 aliphatic rings. The van der Waals surface area contributed by atoms with E-state index in [9.17, 15) is 0 Å². The molecule has 0 aliphatic heterocycles. The molecule has 0 aliphatic carbocycles. The average molecular weight is 234 g/mol. The molecule has 2 heterocycles. The van der Waals surface area contributed by atoms with Gasteiger partial charge in [0.25, 0.3) is 0 Å². The van der Waals surface area contributed by atoms with Gasteiger partial charge in [-0.1, -0.05) is 20.8 Å². The van der Waals surface area contributed by atoms with Crippen molar-refractivity contribution < 1.29 is 0 Å². The van der Waals surface area contributed by atoms with Crippen LogP contribution < -0.4 is 0 Å². The van der Waals surface area contributed by atoms with Gasteiger partial charge in [0.2, 0.25) is 0 Å². The van der Waals surface area contributed by atoms with Gasteiger partial charge < -0.3 is 0 Å². The molecule has 3 heteroatoms. The third-order valence-electron chi connectivity index (χ3n) is 2.64. The van der Waals surface area contributed by atoms with Crippen LogP contribution in [-0.2, 0) is 12.5 Å². The Morgan fingerprint density at radius 1 is 1.25 bits per heavy atom. The van der Waals surface area contributed by atoms with Crippen LogP contribution in [0, 0.1) is 6.92 Å². The largest absolute Gasteiger partial charge is 0.271 e. The number of aryl methyl sites for hydroxylation is 2. The molecule has 0 radical (unpaired) electrons.